The SMILES string of the molecule is O=c1ccn([C@H]2CC[C@@H](COP(O)(=S)OP(=O)(O)OP(=O)(O)O)O2)c(=O)[nH]1. The van der Waals surface area contributed by atoms with Crippen molar-refractivity contribution in [3.63, 3.8) is 0 Å². The van der Waals surface area contributed by atoms with Crippen LogP contribution in [-0.2, 0) is 38.8 Å². The summed E-state index contributed by atoms with van der Waals surface area (Å²) in [6.07, 6.45) is 0.543. The van der Waals surface area contributed by atoms with Crippen LogP contribution in [-0.4, -0.2) is 41.8 Å². The summed E-state index contributed by atoms with van der Waals surface area (Å²) < 4.78 is 41.0. The van der Waals surface area contributed by atoms with Gasteiger partial charge < -0.3 is 28.8 Å². The Bertz CT molecular complexity index is 939. The van der Waals surface area contributed by atoms with Crippen LogP contribution in [0.3, 0.4) is 0 Å². The molecule has 154 valence electrons. The molecule has 1 aliphatic heterocycles. The van der Waals surface area contributed by atoms with Crippen molar-refractivity contribution in [2.24, 2.45) is 0 Å². The molecule has 5 N–H and O–H groups in total. The number of hydrogen-bond acceptors (Lipinski definition) is 9. The summed E-state index contributed by atoms with van der Waals surface area (Å²) in [5.41, 5.74) is -1.25. The van der Waals surface area contributed by atoms with Crippen molar-refractivity contribution in [3.05, 3.63) is 33.1 Å². The number of rotatable bonds is 8. The largest absolute Gasteiger partial charge is 0.488 e. The fourth-order valence-electron chi connectivity index (χ4n) is 2.15. The van der Waals surface area contributed by atoms with E-state index in [0.29, 0.717) is 12.8 Å². The van der Waals surface area contributed by atoms with Crippen molar-refractivity contribution in [2.75, 3.05) is 6.61 Å². The third kappa shape index (κ3) is 7.42. The van der Waals surface area contributed by atoms with E-state index in [9.17, 15) is 23.6 Å². The molecule has 1 aromatic rings. The lowest BCUT2D eigenvalue weighted by molar-refractivity contribution is -0.0218. The number of phosphoric acid groups is 2. The van der Waals surface area contributed by atoms with Gasteiger partial charge in [0.25, 0.3) is 5.56 Å². The molecule has 27 heavy (non-hydrogen) atoms. The summed E-state index contributed by atoms with van der Waals surface area (Å²) >= 11 is 4.48. The second kappa shape index (κ2) is 8.46. The zero-order valence-corrected chi connectivity index (χ0v) is 16.7. The summed E-state index contributed by atoms with van der Waals surface area (Å²) in [6.45, 7) is -4.81. The molecular formula is C9H15N2O12P3S. The van der Waals surface area contributed by atoms with Gasteiger partial charge in [0.05, 0.1) is 12.7 Å². The second-order valence-corrected chi connectivity index (χ2v) is 11.0. The first-order chi connectivity index (χ1) is 12.3. The number of aromatic amines is 1. The van der Waals surface area contributed by atoms with Crippen LogP contribution >= 0.6 is 22.4 Å². The van der Waals surface area contributed by atoms with Gasteiger partial charge in [-0.1, -0.05) is 0 Å². The Balaban J connectivity index is 1.92. The highest BCUT2D eigenvalue weighted by atomic mass is 32.5. The van der Waals surface area contributed by atoms with Crippen molar-refractivity contribution < 1.29 is 46.6 Å². The van der Waals surface area contributed by atoms with Gasteiger partial charge in [0.15, 0.2) is 0 Å². The van der Waals surface area contributed by atoms with E-state index in [1.807, 2.05) is 0 Å². The van der Waals surface area contributed by atoms with Gasteiger partial charge in [-0.3, -0.25) is 14.3 Å². The molecule has 2 heterocycles. The van der Waals surface area contributed by atoms with Crippen LogP contribution in [0.1, 0.15) is 19.1 Å². The van der Waals surface area contributed by atoms with Crippen molar-refractivity contribution in [1.29, 1.82) is 0 Å². The molecule has 1 saturated heterocycles. The molecule has 2 unspecified atom stereocenters. The van der Waals surface area contributed by atoms with Crippen molar-refractivity contribution in [2.45, 2.75) is 25.2 Å². The molecule has 0 radical (unpaired) electrons. The van der Waals surface area contributed by atoms with Gasteiger partial charge in [0.2, 0.25) is 0 Å². The maximum absolute atomic E-state index is 11.7. The zero-order chi connectivity index (χ0) is 20.5. The average Bonchev–Trinajstić information content (AvgIpc) is 2.90. The minimum atomic E-state index is -5.38. The Morgan fingerprint density at radius 3 is 2.48 bits per heavy atom. The van der Waals surface area contributed by atoms with E-state index >= 15 is 0 Å². The molecule has 0 amide bonds. The molecule has 4 atom stereocenters. The first-order valence-corrected chi connectivity index (χ1v) is 12.6. The van der Waals surface area contributed by atoms with Gasteiger partial charge in [-0.05, 0) is 24.6 Å². The minimum Gasteiger partial charge on any atom is -0.352 e. The predicted octanol–water partition coefficient (Wildman–Crippen LogP) is -0.326. The Labute approximate surface area is 155 Å². The van der Waals surface area contributed by atoms with E-state index in [1.165, 1.54) is 6.20 Å². The van der Waals surface area contributed by atoms with Crippen LogP contribution in [0.2, 0.25) is 0 Å². The predicted molar refractivity (Wildman–Crippen MR) is 91.0 cm³/mol. The molecule has 1 aromatic heterocycles. The quantitative estimate of drug-likeness (QED) is 0.310. The molecule has 0 saturated carbocycles. The molecule has 0 aromatic carbocycles. The van der Waals surface area contributed by atoms with Crippen molar-refractivity contribution in [3.8, 4) is 0 Å². The number of nitrogens with zero attached hydrogens (tertiary/aromatic N) is 1. The molecule has 2 rings (SSSR count). The van der Waals surface area contributed by atoms with Gasteiger partial charge in [0, 0.05) is 12.3 Å². The summed E-state index contributed by atoms with van der Waals surface area (Å²) in [5, 5.41) is 0. The molecular weight excluding hydrogens is 453 g/mol. The van der Waals surface area contributed by atoms with E-state index in [4.69, 9.17) is 23.9 Å². The fourth-order valence-corrected chi connectivity index (χ4v) is 6.14. The molecule has 14 nitrogen and oxygen atoms in total. The Hall–Kier alpha value is -0.530. The minimum absolute atomic E-state index is 0.349. The first kappa shape index (κ1) is 22.8. The Morgan fingerprint density at radius 1 is 1.22 bits per heavy atom. The first-order valence-electron chi connectivity index (χ1n) is 7.02. The number of aromatic nitrogens is 2. The number of H-pyrrole nitrogens is 1. The van der Waals surface area contributed by atoms with Gasteiger partial charge in [-0.25, -0.2) is 18.2 Å². The van der Waals surface area contributed by atoms with Gasteiger partial charge in [-0.2, -0.15) is 4.31 Å². The van der Waals surface area contributed by atoms with Crippen LogP contribution < -0.4 is 11.2 Å². The molecule has 0 spiro atoms. The summed E-state index contributed by atoms with van der Waals surface area (Å²) in [6, 6.07) is 1.13. The maximum atomic E-state index is 11.7. The van der Waals surface area contributed by atoms with Crippen LogP contribution in [0, 0.1) is 0 Å². The number of nitrogens with one attached hydrogen (secondary N) is 1. The summed E-state index contributed by atoms with van der Waals surface area (Å²) in [4.78, 5) is 60.7. The third-order valence-electron chi connectivity index (χ3n) is 3.09. The van der Waals surface area contributed by atoms with Crippen molar-refractivity contribution in [1.82, 2.24) is 9.55 Å². The maximum Gasteiger partial charge on any atom is 0.488 e. The van der Waals surface area contributed by atoms with Gasteiger partial charge in [-0.15, -0.1) is 0 Å². The van der Waals surface area contributed by atoms with Crippen LogP contribution in [0.5, 0.6) is 0 Å². The summed E-state index contributed by atoms with van der Waals surface area (Å²) in [5.74, 6) is 0. The fraction of sp³-hybridized carbons (Fsp3) is 0.556. The highest BCUT2D eigenvalue weighted by Crippen LogP contribution is 2.66. The van der Waals surface area contributed by atoms with Gasteiger partial charge in [0.1, 0.15) is 6.23 Å². The lowest BCUT2D eigenvalue weighted by Gasteiger charge is -2.21. The monoisotopic (exact) mass is 468 g/mol. The van der Waals surface area contributed by atoms with E-state index in [0.717, 1.165) is 10.6 Å². The normalized spacial score (nSPS) is 25.0. The molecule has 18 heteroatoms. The Morgan fingerprint density at radius 2 is 1.89 bits per heavy atom. The summed E-state index contributed by atoms with van der Waals surface area (Å²) in [7, 11) is -10.8. The highest BCUT2D eigenvalue weighted by molar-refractivity contribution is 8.08. The second-order valence-electron chi connectivity index (χ2n) is 5.19. The topological polar surface area (TPSA) is 207 Å². The van der Waals surface area contributed by atoms with E-state index in [-0.39, 0.29) is 0 Å². The molecule has 1 fully saturated rings. The highest BCUT2D eigenvalue weighted by Gasteiger charge is 2.39. The molecule has 1 aliphatic rings. The lowest BCUT2D eigenvalue weighted by atomic mass is 10.2. The van der Waals surface area contributed by atoms with E-state index in [2.05, 4.69) is 25.4 Å². The van der Waals surface area contributed by atoms with Crippen LogP contribution in [0.25, 0.3) is 0 Å². The molecule has 0 aliphatic carbocycles. The number of ether oxygens (including phenoxy) is 1. The van der Waals surface area contributed by atoms with Crippen LogP contribution in [0.15, 0.2) is 21.9 Å². The molecule has 0 bridgehead atoms. The third-order valence-corrected chi connectivity index (χ3v) is 7.80. The van der Waals surface area contributed by atoms with Crippen LogP contribution in [0.4, 0.5) is 0 Å². The van der Waals surface area contributed by atoms with Crippen molar-refractivity contribution >= 4 is 34.2 Å². The standard InChI is InChI=1S/C9H15N2O12P3S/c12-7-3-4-11(9(13)10-7)8-2-1-6(21-8)5-20-26(19,27)23-25(17,18)22-24(14,15)16/h3-4,6,8H,1-2,5H2,(H,17,18)(H,19,27)(H,10,12,13)(H2,14,15,16)/t6-,8+,26?/m0/s1. The number of hydrogen-bond donors (Lipinski definition) is 5. The lowest BCUT2D eigenvalue weighted by Crippen LogP contribution is -2.31. The average molecular weight is 468 g/mol. The van der Waals surface area contributed by atoms with E-state index in [1.54, 1.807) is 0 Å². The Kier molecular flexibility index (Phi) is 7.13. The van der Waals surface area contributed by atoms with E-state index < -0.39 is 52.6 Å². The van der Waals surface area contributed by atoms with Gasteiger partial charge >= 0.3 is 28.1 Å². The smallest absolute Gasteiger partial charge is 0.352 e. The zero-order valence-electron chi connectivity index (χ0n) is 13.2.